The van der Waals surface area contributed by atoms with Crippen LogP contribution in [0.2, 0.25) is 0 Å². The highest BCUT2D eigenvalue weighted by Crippen LogP contribution is 2.17. The average Bonchev–Trinajstić information content (AvgIpc) is 2.43. The molecule has 0 bridgehead atoms. The van der Waals surface area contributed by atoms with Gasteiger partial charge in [-0.05, 0) is 11.5 Å². The Balaban J connectivity index is 2.64. The van der Waals surface area contributed by atoms with Crippen molar-refractivity contribution in [3.8, 4) is 0 Å². The number of nitrogens with one attached hydrogen (secondary N) is 1. The van der Waals surface area contributed by atoms with Crippen molar-refractivity contribution in [2.24, 2.45) is 0 Å². The molecular weight excluding hydrogens is 268 g/mol. The van der Waals surface area contributed by atoms with Crippen molar-refractivity contribution in [3.63, 3.8) is 0 Å². The van der Waals surface area contributed by atoms with Crippen LogP contribution in [0.4, 0.5) is 0 Å². The third kappa shape index (κ3) is 3.31. The lowest BCUT2D eigenvalue weighted by atomic mass is 9.98. The highest BCUT2D eigenvalue weighted by Gasteiger charge is 2.17. The third-order valence-corrected chi connectivity index (χ3v) is 3.40. The van der Waals surface area contributed by atoms with Gasteiger partial charge < -0.3 is 4.74 Å². The van der Waals surface area contributed by atoms with Gasteiger partial charge in [-0.25, -0.2) is 4.79 Å². The van der Waals surface area contributed by atoms with Crippen molar-refractivity contribution < 1.29 is 4.74 Å². The Hall–Kier alpha value is -2.14. The fraction of sp³-hybridized carbons (Fsp3) is 0.375. The fourth-order valence-electron chi connectivity index (χ4n) is 2.47. The minimum absolute atomic E-state index is 0.0242. The minimum Gasteiger partial charge on any atom is -0.364 e. The highest BCUT2D eigenvalue weighted by atomic mass is 16.5. The number of rotatable bonds is 5. The number of hydrogen-bond acceptors (Lipinski definition) is 3. The SMILES string of the molecule is COCn1c(Cc2ccccc2)c(C(C)C)c(=O)[nH]c1=O. The summed E-state index contributed by atoms with van der Waals surface area (Å²) in [6.07, 6.45) is 0.525. The van der Waals surface area contributed by atoms with E-state index in [2.05, 4.69) is 4.98 Å². The monoisotopic (exact) mass is 288 g/mol. The van der Waals surface area contributed by atoms with Crippen molar-refractivity contribution in [1.29, 1.82) is 0 Å². The molecule has 0 spiro atoms. The summed E-state index contributed by atoms with van der Waals surface area (Å²) < 4.78 is 6.59. The van der Waals surface area contributed by atoms with Crippen LogP contribution in [0, 0.1) is 0 Å². The number of nitrogens with zero attached hydrogens (tertiary/aromatic N) is 1. The summed E-state index contributed by atoms with van der Waals surface area (Å²) in [6, 6.07) is 9.78. The van der Waals surface area contributed by atoms with Crippen LogP contribution in [0.5, 0.6) is 0 Å². The molecule has 2 rings (SSSR count). The van der Waals surface area contributed by atoms with Gasteiger partial charge in [-0.15, -0.1) is 0 Å². The molecule has 1 aromatic carbocycles. The van der Waals surface area contributed by atoms with Gasteiger partial charge in [-0.2, -0.15) is 0 Å². The predicted molar refractivity (Wildman–Crippen MR) is 81.7 cm³/mol. The number of hydrogen-bond donors (Lipinski definition) is 1. The topological polar surface area (TPSA) is 64.1 Å². The van der Waals surface area contributed by atoms with E-state index in [1.807, 2.05) is 44.2 Å². The molecule has 0 unspecified atom stereocenters. The van der Waals surface area contributed by atoms with E-state index in [0.29, 0.717) is 17.7 Å². The van der Waals surface area contributed by atoms with Gasteiger partial charge in [-0.1, -0.05) is 44.2 Å². The van der Waals surface area contributed by atoms with E-state index in [0.717, 1.165) is 5.56 Å². The molecule has 0 amide bonds. The number of aromatic nitrogens is 2. The van der Waals surface area contributed by atoms with Crippen LogP contribution in [0.1, 0.15) is 36.6 Å². The molecule has 0 aliphatic rings. The second-order valence-electron chi connectivity index (χ2n) is 5.28. The van der Waals surface area contributed by atoms with Gasteiger partial charge in [0.05, 0.1) is 0 Å². The first-order chi connectivity index (χ1) is 10.0. The summed E-state index contributed by atoms with van der Waals surface area (Å²) in [7, 11) is 1.53. The lowest BCUT2D eigenvalue weighted by Crippen LogP contribution is -2.36. The number of aromatic amines is 1. The molecule has 0 fully saturated rings. The molecule has 1 heterocycles. The number of methoxy groups -OCH3 is 1. The highest BCUT2D eigenvalue weighted by molar-refractivity contribution is 5.28. The second kappa shape index (κ2) is 6.54. The maximum Gasteiger partial charge on any atom is 0.330 e. The van der Waals surface area contributed by atoms with E-state index in [1.54, 1.807) is 0 Å². The molecular formula is C16H20N2O3. The first-order valence-corrected chi connectivity index (χ1v) is 6.93. The molecule has 5 nitrogen and oxygen atoms in total. The minimum atomic E-state index is -0.433. The van der Waals surface area contributed by atoms with Crippen LogP contribution in [-0.2, 0) is 17.9 Å². The maximum atomic E-state index is 12.1. The summed E-state index contributed by atoms with van der Waals surface area (Å²) in [6.45, 7) is 4.01. The number of benzene rings is 1. The quantitative estimate of drug-likeness (QED) is 0.913. The second-order valence-corrected chi connectivity index (χ2v) is 5.28. The van der Waals surface area contributed by atoms with E-state index in [9.17, 15) is 9.59 Å². The molecule has 0 aliphatic carbocycles. The van der Waals surface area contributed by atoms with E-state index < -0.39 is 5.69 Å². The molecule has 0 radical (unpaired) electrons. The fourth-order valence-corrected chi connectivity index (χ4v) is 2.47. The van der Waals surface area contributed by atoms with E-state index >= 15 is 0 Å². The predicted octanol–water partition coefficient (Wildman–Crippen LogP) is 1.85. The average molecular weight is 288 g/mol. The van der Waals surface area contributed by atoms with Crippen molar-refractivity contribution >= 4 is 0 Å². The van der Waals surface area contributed by atoms with Gasteiger partial charge in [0.1, 0.15) is 6.73 Å². The van der Waals surface area contributed by atoms with Crippen molar-refractivity contribution in [2.45, 2.75) is 32.9 Å². The first kappa shape index (κ1) is 15.3. The van der Waals surface area contributed by atoms with Crippen molar-refractivity contribution in [3.05, 3.63) is 68.0 Å². The Bertz CT molecular complexity index is 715. The zero-order chi connectivity index (χ0) is 15.4. The molecule has 112 valence electrons. The van der Waals surface area contributed by atoms with Crippen LogP contribution in [0.3, 0.4) is 0 Å². The van der Waals surface area contributed by atoms with Gasteiger partial charge in [-0.3, -0.25) is 14.3 Å². The van der Waals surface area contributed by atoms with E-state index in [4.69, 9.17) is 4.74 Å². The van der Waals surface area contributed by atoms with Crippen LogP contribution >= 0.6 is 0 Å². The Morgan fingerprint density at radius 1 is 1.19 bits per heavy atom. The van der Waals surface area contributed by atoms with Gasteiger partial charge >= 0.3 is 5.69 Å². The van der Waals surface area contributed by atoms with Crippen LogP contribution in [0.25, 0.3) is 0 Å². The maximum absolute atomic E-state index is 12.1. The zero-order valence-corrected chi connectivity index (χ0v) is 12.6. The number of H-pyrrole nitrogens is 1. The summed E-state index contributed by atoms with van der Waals surface area (Å²) in [5.74, 6) is 0.0242. The molecule has 1 N–H and O–H groups in total. The normalized spacial score (nSPS) is 11.0. The molecule has 0 saturated heterocycles. The Morgan fingerprint density at radius 3 is 2.43 bits per heavy atom. The van der Waals surface area contributed by atoms with E-state index in [-0.39, 0.29) is 18.2 Å². The smallest absolute Gasteiger partial charge is 0.330 e. The summed E-state index contributed by atoms with van der Waals surface area (Å²) >= 11 is 0. The van der Waals surface area contributed by atoms with Crippen molar-refractivity contribution in [1.82, 2.24) is 9.55 Å². The standard InChI is InChI=1S/C16H20N2O3/c1-11(2)14-13(9-12-7-5-4-6-8-12)18(10-21-3)16(20)17-15(14)19/h4-8,11H,9-10H2,1-3H3,(H,17,19,20). The van der Waals surface area contributed by atoms with Gasteiger partial charge in [0.15, 0.2) is 0 Å². The Labute approximate surface area is 123 Å². The lowest BCUT2D eigenvalue weighted by Gasteiger charge is -2.17. The largest absolute Gasteiger partial charge is 0.364 e. The molecule has 0 saturated carbocycles. The molecule has 5 heteroatoms. The first-order valence-electron chi connectivity index (χ1n) is 6.93. The summed E-state index contributed by atoms with van der Waals surface area (Å²) in [5, 5.41) is 0. The summed E-state index contributed by atoms with van der Waals surface area (Å²) in [5.41, 5.74) is 1.65. The lowest BCUT2D eigenvalue weighted by molar-refractivity contribution is 0.124. The van der Waals surface area contributed by atoms with Gasteiger partial charge in [0.25, 0.3) is 5.56 Å². The summed E-state index contributed by atoms with van der Waals surface area (Å²) in [4.78, 5) is 26.6. The Morgan fingerprint density at radius 2 is 1.86 bits per heavy atom. The molecule has 2 aromatic rings. The molecule has 1 aromatic heterocycles. The van der Waals surface area contributed by atoms with Crippen molar-refractivity contribution in [2.75, 3.05) is 7.11 Å². The molecule has 0 atom stereocenters. The Kier molecular flexibility index (Phi) is 4.75. The third-order valence-electron chi connectivity index (χ3n) is 3.40. The number of ether oxygens (including phenoxy) is 1. The van der Waals surface area contributed by atoms with Crippen LogP contribution < -0.4 is 11.2 Å². The molecule has 21 heavy (non-hydrogen) atoms. The van der Waals surface area contributed by atoms with Crippen LogP contribution in [0.15, 0.2) is 39.9 Å². The van der Waals surface area contributed by atoms with Crippen LogP contribution in [-0.4, -0.2) is 16.7 Å². The van der Waals surface area contributed by atoms with Gasteiger partial charge in [0, 0.05) is 24.8 Å². The molecule has 0 aliphatic heterocycles. The van der Waals surface area contributed by atoms with Gasteiger partial charge in [0.2, 0.25) is 0 Å². The van der Waals surface area contributed by atoms with E-state index in [1.165, 1.54) is 11.7 Å². The zero-order valence-electron chi connectivity index (χ0n) is 12.6.